The van der Waals surface area contributed by atoms with Gasteiger partial charge in [0.25, 0.3) is 0 Å². The quantitative estimate of drug-likeness (QED) is 0.829. The first kappa shape index (κ1) is 14.0. The van der Waals surface area contributed by atoms with E-state index < -0.39 is 0 Å². The molecular formula is C15H23BN2O2. The van der Waals surface area contributed by atoms with Gasteiger partial charge in [-0.1, -0.05) is 0 Å². The average Bonchev–Trinajstić information content (AvgIpc) is 2.97. The lowest BCUT2D eigenvalue weighted by Gasteiger charge is -2.32. The maximum Gasteiger partial charge on any atom is 0.494 e. The van der Waals surface area contributed by atoms with Crippen molar-refractivity contribution in [2.24, 2.45) is 0 Å². The Balaban J connectivity index is 1.83. The first-order chi connectivity index (χ1) is 9.39. The SMILES string of the molecule is CC1(C)OB(c2ccnc(C3CCNC3)c2)OC1(C)C. The fraction of sp³-hybridized carbons (Fsp3) is 0.667. The zero-order chi connectivity index (χ0) is 14.4. The van der Waals surface area contributed by atoms with Gasteiger partial charge in [-0.05, 0) is 58.3 Å². The normalized spacial score (nSPS) is 28.0. The minimum absolute atomic E-state index is 0.295. The van der Waals surface area contributed by atoms with Crippen LogP contribution in [0.25, 0.3) is 0 Å². The van der Waals surface area contributed by atoms with Gasteiger partial charge in [-0.25, -0.2) is 0 Å². The van der Waals surface area contributed by atoms with E-state index in [1.807, 2.05) is 12.3 Å². The van der Waals surface area contributed by atoms with Gasteiger partial charge in [0.1, 0.15) is 0 Å². The van der Waals surface area contributed by atoms with Crippen LogP contribution < -0.4 is 10.8 Å². The molecule has 3 rings (SSSR count). The fourth-order valence-corrected chi connectivity index (χ4v) is 2.72. The average molecular weight is 274 g/mol. The highest BCUT2D eigenvalue weighted by Gasteiger charge is 2.51. The molecule has 0 saturated carbocycles. The van der Waals surface area contributed by atoms with Crippen molar-refractivity contribution in [3.8, 4) is 0 Å². The molecule has 1 aromatic rings. The second kappa shape index (κ2) is 4.83. The molecule has 2 fully saturated rings. The van der Waals surface area contributed by atoms with Gasteiger partial charge in [-0.2, -0.15) is 0 Å². The molecule has 1 N–H and O–H groups in total. The zero-order valence-corrected chi connectivity index (χ0v) is 12.8. The minimum atomic E-state index is -0.296. The third-order valence-electron chi connectivity index (χ3n) is 4.81. The Kier molecular flexibility index (Phi) is 3.39. The monoisotopic (exact) mass is 274 g/mol. The molecule has 3 heterocycles. The van der Waals surface area contributed by atoms with Crippen molar-refractivity contribution in [2.45, 2.75) is 51.2 Å². The van der Waals surface area contributed by atoms with Crippen LogP contribution in [0.15, 0.2) is 18.3 Å². The lowest BCUT2D eigenvalue weighted by atomic mass is 9.78. The molecule has 20 heavy (non-hydrogen) atoms. The van der Waals surface area contributed by atoms with E-state index in [2.05, 4.69) is 44.1 Å². The van der Waals surface area contributed by atoms with Gasteiger partial charge in [0, 0.05) is 24.4 Å². The molecule has 2 saturated heterocycles. The summed E-state index contributed by atoms with van der Waals surface area (Å²) in [6.07, 6.45) is 3.02. The standard InChI is InChI=1S/C15H23BN2O2/c1-14(2)15(3,4)20-16(19-14)12-6-8-18-13(9-12)11-5-7-17-10-11/h6,8-9,11,17H,5,7,10H2,1-4H3. The number of rotatable bonds is 2. The van der Waals surface area contributed by atoms with E-state index in [1.54, 1.807) is 0 Å². The van der Waals surface area contributed by atoms with Crippen molar-refractivity contribution in [1.82, 2.24) is 10.3 Å². The van der Waals surface area contributed by atoms with Crippen molar-refractivity contribution in [3.05, 3.63) is 24.0 Å². The smallest absolute Gasteiger partial charge is 0.399 e. The molecule has 0 aromatic carbocycles. The first-order valence-corrected chi connectivity index (χ1v) is 7.41. The predicted octanol–water partition coefficient (Wildman–Crippen LogP) is 1.46. The van der Waals surface area contributed by atoms with E-state index in [9.17, 15) is 0 Å². The zero-order valence-electron chi connectivity index (χ0n) is 12.8. The number of nitrogens with one attached hydrogen (secondary N) is 1. The largest absolute Gasteiger partial charge is 0.494 e. The summed E-state index contributed by atoms with van der Waals surface area (Å²) in [6.45, 7) is 10.4. The third kappa shape index (κ3) is 2.38. The van der Waals surface area contributed by atoms with Crippen molar-refractivity contribution < 1.29 is 9.31 Å². The Hall–Kier alpha value is -0.905. The van der Waals surface area contributed by atoms with Crippen LogP contribution in [0.3, 0.4) is 0 Å². The fourth-order valence-electron chi connectivity index (χ4n) is 2.72. The lowest BCUT2D eigenvalue weighted by Crippen LogP contribution is -2.41. The Labute approximate surface area is 121 Å². The van der Waals surface area contributed by atoms with Gasteiger partial charge >= 0.3 is 7.12 Å². The number of aromatic nitrogens is 1. The molecule has 4 nitrogen and oxygen atoms in total. The highest BCUT2D eigenvalue weighted by Crippen LogP contribution is 2.36. The van der Waals surface area contributed by atoms with Gasteiger partial charge in [0.2, 0.25) is 0 Å². The van der Waals surface area contributed by atoms with Crippen LogP contribution in [-0.4, -0.2) is 36.4 Å². The summed E-state index contributed by atoms with van der Waals surface area (Å²) in [7, 11) is -0.295. The number of hydrogen-bond donors (Lipinski definition) is 1. The van der Waals surface area contributed by atoms with E-state index in [0.717, 1.165) is 30.7 Å². The van der Waals surface area contributed by atoms with Crippen LogP contribution >= 0.6 is 0 Å². The van der Waals surface area contributed by atoms with Crippen molar-refractivity contribution >= 4 is 12.6 Å². The Bertz CT molecular complexity index is 482. The molecule has 5 heteroatoms. The summed E-state index contributed by atoms with van der Waals surface area (Å²) in [5, 5.41) is 3.38. The molecule has 0 spiro atoms. The van der Waals surface area contributed by atoms with Crippen LogP contribution in [-0.2, 0) is 9.31 Å². The van der Waals surface area contributed by atoms with Crippen molar-refractivity contribution in [3.63, 3.8) is 0 Å². The summed E-state index contributed by atoms with van der Waals surface area (Å²) < 4.78 is 12.2. The lowest BCUT2D eigenvalue weighted by molar-refractivity contribution is 0.00578. The molecule has 108 valence electrons. The predicted molar refractivity (Wildman–Crippen MR) is 80.2 cm³/mol. The topological polar surface area (TPSA) is 43.4 Å². The van der Waals surface area contributed by atoms with Crippen LogP contribution in [0.1, 0.15) is 45.7 Å². The molecule has 1 unspecified atom stereocenters. The summed E-state index contributed by atoms with van der Waals surface area (Å²) in [6, 6.07) is 4.13. The molecular weight excluding hydrogens is 251 g/mol. The molecule has 0 amide bonds. The summed E-state index contributed by atoms with van der Waals surface area (Å²) in [5.41, 5.74) is 1.62. The highest BCUT2D eigenvalue weighted by atomic mass is 16.7. The molecule has 1 aromatic heterocycles. The number of pyridine rings is 1. The molecule has 0 radical (unpaired) electrons. The number of nitrogens with zero attached hydrogens (tertiary/aromatic N) is 1. The van der Waals surface area contributed by atoms with Gasteiger partial charge in [-0.15, -0.1) is 0 Å². The molecule has 2 aliphatic heterocycles. The van der Waals surface area contributed by atoms with Gasteiger partial charge in [0.15, 0.2) is 0 Å². The van der Waals surface area contributed by atoms with E-state index in [1.165, 1.54) is 0 Å². The van der Waals surface area contributed by atoms with Gasteiger partial charge < -0.3 is 14.6 Å². The van der Waals surface area contributed by atoms with Crippen molar-refractivity contribution in [2.75, 3.05) is 13.1 Å². The van der Waals surface area contributed by atoms with Crippen LogP contribution in [0, 0.1) is 0 Å². The molecule has 0 bridgehead atoms. The molecule has 1 atom stereocenters. The Morgan fingerprint density at radius 3 is 2.55 bits per heavy atom. The van der Waals surface area contributed by atoms with Crippen LogP contribution in [0.5, 0.6) is 0 Å². The second-order valence-corrected chi connectivity index (χ2v) is 6.79. The van der Waals surface area contributed by atoms with E-state index >= 15 is 0 Å². The maximum absolute atomic E-state index is 6.10. The summed E-state index contributed by atoms with van der Waals surface area (Å²) in [5.74, 6) is 0.511. The van der Waals surface area contributed by atoms with E-state index in [-0.39, 0.29) is 18.3 Å². The van der Waals surface area contributed by atoms with Crippen LogP contribution in [0.2, 0.25) is 0 Å². The third-order valence-corrected chi connectivity index (χ3v) is 4.81. The maximum atomic E-state index is 6.10. The first-order valence-electron chi connectivity index (χ1n) is 7.41. The van der Waals surface area contributed by atoms with Gasteiger partial charge in [-0.3, -0.25) is 4.98 Å². The van der Waals surface area contributed by atoms with Crippen molar-refractivity contribution in [1.29, 1.82) is 0 Å². The number of hydrogen-bond acceptors (Lipinski definition) is 4. The Morgan fingerprint density at radius 2 is 1.95 bits per heavy atom. The van der Waals surface area contributed by atoms with Gasteiger partial charge in [0.05, 0.1) is 11.2 Å². The highest BCUT2D eigenvalue weighted by molar-refractivity contribution is 6.62. The summed E-state index contributed by atoms with van der Waals surface area (Å²) >= 11 is 0. The minimum Gasteiger partial charge on any atom is -0.399 e. The molecule has 0 aliphatic carbocycles. The van der Waals surface area contributed by atoms with E-state index in [0.29, 0.717) is 5.92 Å². The Morgan fingerprint density at radius 1 is 1.25 bits per heavy atom. The van der Waals surface area contributed by atoms with E-state index in [4.69, 9.17) is 9.31 Å². The van der Waals surface area contributed by atoms with Crippen LogP contribution in [0.4, 0.5) is 0 Å². The summed E-state index contributed by atoms with van der Waals surface area (Å²) in [4.78, 5) is 4.51. The second-order valence-electron chi connectivity index (χ2n) is 6.79. The molecule has 2 aliphatic rings.